The number of nitrogens with one attached hydrogen (secondary N) is 1. The van der Waals surface area contributed by atoms with Gasteiger partial charge in [0.2, 0.25) is 0 Å². The first-order valence-electron chi connectivity index (χ1n) is 5.97. The molecular weight excluding hydrogens is 214 g/mol. The number of carbonyl (C=O) groups is 1. The zero-order valence-electron chi connectivity index (χ0n) is 11.2. The minimum absolute atomic E-state index is 0.0648. The van der Waals surface area contributed by atoms with Gasteiger partial charge in [0.15, 0.2) is 0 Å². The van der Waals surface area contributed by atoms with Gasteiger partial charge in [0.1, 0.15) is 0 Å². The number of hydrogen-bond donors (Lipinski definition) is 1. The maximum absolute atomic E-state index is 11.8. The lowest BCUT2D eigenvalue weighted by Gasteiger charge is -2.13. The molecule has 0 spiro atoms. The quantitative estimate of drug-likeness (QED) is 0.816. The number of hydrogen-bond acceptors (Lipinski definition) is 2. The van der Waals surface area contributed by atoms with E-state index in [1.807, 2.05) is 18.7 Å². The average molecular weight is 235 g/mol. The van der Waals surface area contributed by atoms with Crippen LogP contribution in [0, 0.1) is 0 Å². The fourth-order valence-electron chi connectivity index (χ4n) is 1.67. The molecule has 0 aliphatic carbocycles. The summed E-state index contributed by atoms with van der Waals surface area (Å²) >= 11 is 0. The van der Waals surface area contributed by atoms with Crippen molar-refractivity contribution in [1.29, 1.82) is 0 Å². The van der Waals surface area contributed by atoms with Crippen molar-refractivity contribution >= 4 is 11.6 Å². The largest absolute Gasteiger partial charge is 0.319 e. The summed E-state index contributed by atoms with van der Waals surface area (Å²) in [7, 11) is 1.90. The lowest BCUT2D eigenvalue weighted by atomic mass is 10.0. The van der Waals surface area contributed by atoms with Crippen molar-refractivity contribution in [3.8, 4) is 0 Å². The van der Waals surface area contributed by atoms with E-state index in [9.17, 15) is 4.79 Å². The topological polar surface area (TPSA) is 46.9 Å². The van der Waals surface area contributed by atoms with Crippen LogP contribution in [0.15, 0.2) is 17.8 Å². The summed E-state index contributed by atoms with van der Waals surface area (Å²) in [6.45, 7) is 7.91. The molecule has 1 aromatic heterocycles. The molecule has 0 saturated carbocycles. The molecule has 0 radical (unpaired) electrons. The predicted molar refractivity (Wildman–Crippen MR) is 70.0 cm³/mol. The summed E-state index contributed by atoms with van der Waals surface area (Å²) in [6, 6.07) is 0. The van der Waals surface area contributed by atoms with Gasteiger partial charge in [-0.2, -0.15) is 5.10 Å². The number of nitrogens with zero attached hydrogens (tertiary/aromatic N) is 2. The van der Waals surface area contributed by atoms with Crippen LogP contribution in [0.2, 0.25) is 0 Å². The molecule has 4 nitrogen and oxygen atoms in total. The van der Waals surface area contributed by atoms with Crippen LogP contribution in [0.25, 0.3) is 0 Å². The van der Waals surface area contributed by atoms with Gasteiger partial charge in [-0.05, 0) is 26.2 Å². The van der Waals surface area contributed by atoms with Crippen LogP contribution in [0.5, 0.6) is 0 Å². The molecule has 4 heteroatoms. The zero-order valence-corrected chi connectivity index (χ0v) is 11.2. The van der Waals surface area contributed by atoms with Crippen molar-refractivity contribution in [1.82, 2.24) is 9.78 Å². The lowest BCUT2D eigenvalue weighted by molar-refractivity contribution is -0.112. The average Bonchev–Trinajstić information content (AvgIpc) is 2.68. The Morgan fingerprint density at radius 3 is 2.82 bits per heavy atom. The van der Waals surface area contributed by atoms with E-state index in [-0.39, 0.29) is 5.91 Å². The normalized spacial score (nSPS) is 13.6. The Morgan fingerprint density at radius 1 is 1.65 bits per heavy atom. The van der Waals surface area contributed by atoms with Gasteiger partial charge < -0.3 is 5.32 Å². The van der Waals surface area contributed by atoms with Gasteiger partial charge in [-0.25, -0.2) is 0 Å². The number of allylic oxidation sites excluding steroid dienone is 1. The Labute approximate surface area is 103 Å². The van der Waals surface area contributed by atoms with Crippen molar-refractivity contribution < 1.29 is 4.79 Å². The molecule has 0 aliphatic rings. The standard InChI is InChI=1S/C13H21N3O/c1-6-9(3)12-11(8-14-16(12)5)15-13(17)10(4)7-2/h7-9H,6H2,1-5H3,(H,15,17). The fourth-order valence-corrected chi connectivity index (χ4v) is 1.67. The van der Waals surface area contributed by atoms with E-state index in [0.717, 1.165) is 17.8 Å². The first kappa shape index (κ1) is 13.5. The molecule has 1 rings (SSSR count). The van der Waals surface area contributed by atoms with Crippen molar-refractivity contribution in [3.05, 3.63) is 23.5 Å². The molecule has 0 aliphatic heterocycles. The molecule has 1 heterocycles. The van der Waals surface area contributed by atoms with E-state index < -0.39 is 0 Å². The van der Waals surface area contributed by atoms with Crippen LogP contribution in [0.3, 0.4) is 0 Å². The van der Waals surface area contributed by atoms with Crippen LogP contribution >= 0.6 is 0 Å². The SMILES string of the molecule is CC=C(C)C(=O)Nc1cnn(C)c1C(C)CC. The van der Waals surface area contributed by atoms with Crippen LogP contribution in [0.4, 0.5) is 5.69 Å². The molecule has 0 bridgehead atoms. The number of amides is 1. The second kappa shape index (κ2) is 5.66. The zero-order chi connectivity index (χ0) is 13.0. The van der Waals surface area contributed by atoms with Crippen LogP contribution in [-0.2, 0) is 11.8 Å². The Balaban J connectivity index is 2.96. The van der Waals surface area contributed by atoms with Crippen molar-refractivity contribution in [2.75, 3.05) is 5.32 Å². The van der Waals surface area contributed by atoms with Gasteiger partial charge in [0.05, 0.1) is 17.6 Å². The molecule has 1 unspecified atom stereocenters. The second-order valence-electron chi connectivity index (χ2n) is 4.30. The Hall–Kier alpha value is -1.58. The number of anilines is 1. The summed E-state index contributed by atoms with van der Waals surface area (Å²) in [4.78, 5) is 11.8. The molecule has 0 saturated heterocycles. The molecule has 0 fully saturated rings. The number of carbonyl (C=O) groups excluding carboxylic acids is 1. The number of rotatable bonds is 4. The van der Waals surface area contributed by atoms with Crippen LogP contribution in [-0.4, -0.2) is 15.7 Å². The summed E-state index contributed by atoms with van der Waals surface area (Å²) in [6.07, 6.45) is 4.53. The molecule has 17 heavy (non-hydrogen) atoms. The molecule has 1 amide bonds. The highest BCUT2D eigenvalue weighted by molar-refractivity contribution is 6.03. The van der Waals surface area contributed by atoms with Crippen molar-refractivity contribution in [2.45, 2.75) is 40.0 Å². The van der Waals surface area contributed by atoms with Crippen LogP contribution in [0.1, 0.15) is 45.7 Å². The van der Waals surface area contributed by atoms with E-state index >= 15 is 0 Å². The fraction of sp³-hybridized carbons (Fsp3) is 0.538. The number of aryl methyl sites for hydroxylation is 1. The maximum atomic E-state index is 11.8. The van der Waals surface area contributed by atoms with E-state index in [0.29, 0.717) is 11.5 Å². The van der Waals surface area contributed by atoms with Crippen molar-refractivity contribution in [2.24, 2.45) is 7.05 Å². The lowest BCUT2D eigenvalue weighted by Crippen LogP contribution is -2.14. The summed E-state index contributed by atoms with van der Waals surface area (Å²) < 4.78 is 1.83. The van der Waals surface area contributed by atoms with Gasteiger partial charge in [-0.3, -0.25) is 9.48 Å². The van der Waals surface area contributed by atoms with E-state index in [1.54, 1.807) is 19.2 Å². The number of aromatic nitrogens is 2. The van der Waals surface area contributed by atoms with Crippen molar-refractivity contribution in [3.63, 3.8) is 0 Å². The molecule has 94 valence electrons. The Bertz CT molecular complexity index is 432. The van der Waals surface area contributed by atoms with Crippen LogP contribution < -0.4 is 5.32 Å². The third-order valence-corrected chi connectivity index (χ3v) is 3.10. The first-order valence-corrected chi connectivity index (χ1v) is 5.97. The summed E-state index contributed by atoms with van der Waals surface area (Å²) in [5.74, 6) is 0.314. The van der Waals surface area contributed by atoms with Gasteiger partial charge in [-0.15, -0.1) is 0 Å². The maximum Gasteiger partial charge on any atom is 0.251 e. The Morgan fingerprint density at radius 2 is 2.29 bits per heavy atom. The van der Waals surface area contributed by atoms with Gasteiger partial charge >= 0.3 is 0 Å². The molecule has 1 atom stereocenters. The first-order chi connectivity index (χ1) is 8.01. The Kier molecular flexibility index (Phi) is 4.49. The second-order valence-corrected chi connectivity index (χ2v) is 4.30. The van der Waals surface area contributed by atoms with E-state index in [1.165, 1.54) is 0 Å². The van der Waals surface area contributed by atoms with E-state index in [2.05, 4.69) is 24.3 Å². The molecule has 0 aromatic carbocycles. The van der Waals surface area contributed by atoms with Gasteiger partial charge in [0, 0.05) is 12.6 Å². The summed E-state index contributed by atoms with van der Waals surface area (Å²) in [5, 5.41) is 7.11. The minimum atomic E-state index is -0.0648. The van der Waals surface area contributed by atoms with Gasteiger partial charge in [0.25, 0.3) is 5.91 Å². The highest BCUT2D eigenvalue weighted by atomic mass is 16.1. The third kappa shape index (κ3) is 2.96. The summed E-state index contributed by atoms with van der Waals surface area (Å²) in [5.41, 5.74) is 2.60. The predicted octanol–water partition coefficient (Wildman–Crippen LogP) is 2.84. The van der Waals surface area contributed by atoms with E-state index in [4.69, 9.17) is 0 Å². The smallest absolute Gasteiger partial charge is 0.251 e. The molecular formula is C13H21N3O. The highest BCUT2D eigenvalue weighted by Gasteiger charge is 2.16. The minimum Gasteiger partial charge on any atom is -0.319 e. The molecule has 1 N–H and O–H groups in total. The highest BCUT2D eigenvalue weighted by Crippen LogP contribution is 2.26. The third-order valence-electron chi connectivity index (χ3n) is 3.10. The van der Waals surface area contributed by atoms with Gasteiger partial charge in [-0.1, -0.05) is 19.9 Å². The monoisotopic (exact) mass is 235 g/mol. The molecule has 1 aromatic rings.